The van der Waals surface area contributed by atoms with Crippen LogP contribution in [0.25, 0.3) is 0 Å². The lowest BCUT2D eigenvalue weighted by Crippen LogP contribution is -1.99. The van der Waals surface area contributed by atoms with E-state index in [1.54, 1.807) is 0 Å². The van der Waals surface area contributed by atoms with Crippen LogP contribution < -0.4 is 0 Å². The third-order valence-electron chi connectivity index (χ3n) is 2.56. The van der Waals surface area contributed by atoms with Gasteiger partial charge in [0, 0.05) is 10.0 Å². The lowest BCUT2D eigenvalue weighted by Gasteiger charge is -2.09. The summed E-state index contributed by atoms with van der Waals surface area (Å²) in [5.74, 6) is 1.59. The highest BCUT2D eigenvalue weighted by molar-refractivity contribution is 9.10. The first-order valence-corrected chi connectivity index (χ1v) is 5.87. The first kappa shape index (κ1) is 11.4. The number of rotatable bonds is 2. The average Bonchev–Trinajstić information content (AvgIpc) is 2.58. The number of aryl methyl sites for hydroxylation is 2. The standard InChI is InChI=1S/C13H13BrO2/c1-8-7-12(9(2)16-8)13(15)10-3-5-11(14)6-4-10/h3-7,13,15H,1-2H3. The molecule has 1 atom stereocenters. The molecule has 3 heteroatoms. The molecular weight excluding hydrogens is 268 g/mol. The fourth-order valence-electron chi connectivity index (χ4n) is 1.75. The highest BCUT2D eigenvalue weighted by Gasteiger charge is 2.16. The normalized spacial score (nSPS) is 12.8. The smallest absolute Gasteiger partial charge is 0.107 e. The molecule has 1 N–H and O–H groups in total. The number of hydrogen-bond acceptors (Lipinski definition) is 2. The van der Waals surface area contributed by atoms with Gasteiger partial charge in [0.05, 0.1) is 0 Å². The van der Waals surface area contributed by atoms with Gasteiger partial charge in [-0.05, 0) is 37.6 Å². The molecule has 0 spiro atoms. The summed E-state index contributed by atoms with van der Waals surface area (Å²) < 4.78 is 6.41. The Hall–Kier alpha value is -1.06. The van der Waals surface area contributed by atoms with Gasteiger partial charge in [-0.2, -0.15) is 0 Å². The maximum atomic E-state index is 10.2. The van der Waals surface area contributed by atoms with Gasteiger partial charge in [0.25, 0.3) is 0 Å². The average molecular weight is 281 g/mol. The van der Waals surface area contributed by atoms with E-state index in [2.05, 4.69) is 15.9 Å². The van der Waals surface area contributed by atoms with Crippen molar-refractivity contribution in [1.29, 1.82) is 0 Å². The zero-order valence-electron chi connectivity index (χ0n) is 9.20. The molecular formula is C13H13BrO2. The molecule has 1 aromatic heterocycles. The van der Waals surface area contributed by atoms with Crippen LogP contribution in [0, 0.1) is 13.8 Å². The van der Waals surface area contributed by atoms with Gasteiger partial charge in [-0.25, -0.2) is 0 Å². The Kier molecular flexibility index (Phi) is 3.17. The van der Waals surface area contributed by atoms with Gasteiger partial charge in [-0.3, -0.25) is 0 Å². The van der Waals surface area contributed by atoms with E-state index < -0.39 is 6.10 Å². The molecule has 0 aliphatic carbocycles. The molecule has 1 unspecified atom stereocenters. The minimum Gasteiger partial charge on any atom is -0.466 e. The molecule has 2 rings (SSSR count). The summed E-state index contributed by atoms with van der Waals surface area (Å²) in [5, 5.41) is 10.2. The monoisotopic (exact) mass is 280 g/mol. The van der Waals surface area contributed by atoms with Crippen LogP contribution in [0.3, 0.4) is 0 Å². The molecule has 0 radical (unpaired) electrons. The zero-order valence-corrected chi connectivity index (χ0v) is 10.8. The lowest BCUT2D eigenvalue weighted by atomic mass is 10.0. The molecule has 0 saturated carbocycles. The molecule has 84 valence electrons. The minimum atomic E-state index is -0.620. The van der Waals surface area contributed by atoms with E-state index in [4.69, 9.17) is 4.42 Å². The molecule has 16 heavy (non-hydrogen) atoms. The van der Waals surface area contributed by atoms with E-state index in [9.17, 15) is 5.11 Å². The van der Waals surface area contributed by atoms with Gasteiger partial charge in [-0.15, -0.1) is 0 Å². The molecule has 1 aromatic carbocycles. The second-order valence-electron chi connectivity index (χ2n) is 3.82. The predicted molar refractivity (Wildman–Crippen MR) is 66.4 cm³/mol. The molecule has 0 amide bonds. The Morgan fingerprint density at radius 3 is 2.31 bits per heavy atom. The van der Waals surface area contributed by atoms with Gasteiger partial charge in [-0.1, -0.05) is 28.1 Å². The summed E-state index contributed by atoms with van der Waals surface area (Å²) in [6.45, 7) is 3.75. The van der Waals surface area contributed by atoms with Crippen molar-refractivity contribution >= 4 is 15.9 Å². The predicted octanol–water partition coefficient (Wildman–Crippen LogP) is 3.74. The fraction of sp³-hybridized carbons (Fsp3) is 0.231. The van der Waals surface area contributed by atoms with Crippen molar-refractivity contribution in [2.75, 3.05) is 0 Å². The van der Waals surface area contributed by atoms with Gasteiger partial charge >= 0.3 is 0 Å². The molecule has 0 aliphatic heterocycles. The first-order valence-electron chi connectivity index (χ1n) is 5.08. The second-order valence-corrected chi connectivity index (χ2v) is 4.74. The Morgan fingerprint density at radius 2 is 1.81 bits per heavy atom. The maximum absolute atomic E-state index is 10.2. The van der Waals surface area contributed by atoms with Gasteiger partial charge in [0.1, 0.15) is 17.6 Å². The Bertz CT molecular complexity index is 485. The van der Waals surface area contributed by atoms with Crippen molar-refractivity contribution in [2.24, 2.45) is 0 Å². The number of halogens is 1. The van der Waals surface area contributed by atoms with Crippen molar-refractivity contribution < 1.29 is 9.52 Å². The molecule has 0 aliphatic rings. The fourth-order valence-corrected chi connectivity index (χ4v) is 2.01. The topological polar surface area (TPSA) is 33.4 Å². The first-order chi connectivity index (χ1) is 7.58. The molecule has 0 saturated heterocycles. The Balaban J connectivity index is 2.35. The van der Waals surface area contributed by atoms with E-state index in [0.717, 1.165) is 27.1 Å². The van der Waals surface area contributed by atoms with E-state index >= 15 is 0 Å². The largest absolute Gasteiger partial charge is 0.466 e. The maximum Gasteiger partial charge on any atom is 0.107 e. The molecule has 2 aromatic rings. The minimum absolute atomic E-state index is 0.620. The van der Waals surface area contributed by atoms with E-state index in [-0.39, 0.29) is 0 Å². The Labute approximate surface area is 103 Å². The van der Waals surface area contributed by atoms with Crippen molar-refractivity contribution in [3.63, 3.8) is 0 Å². The number of benzene rings is 1. The van der Waals surface area contributed by atoms with Crippen LogP contribution in [0.4, 0.5) is 0 Å². The molecule has 0 fully saturated rings. The number of aliphatic hydroxyl groups is 1. The lowest BCUT2D eigenvalue weighted by molar-refractivity contribution is 0.218. The Morgan fingerprint density at radius 1 is 1.19 bits per heavy atom. The van der Waals surface area contributed by atoms with E-state index in [1.807, 2.05) is 44.2 Å². The number of hydrogen-bond donors (Lipinski definition) is 1. The summed E-state index contributed by atoms with van der Waals surface area (Å²) in [5.41, 5.74) is 1.70. The van der Waals surface area contributed by atoms with Crippen LogP contribution in [-0.2, 0) is 0 Å². The van der Waals surface area contributed by atoms with E-state index in [0.29, 0.717) is 0 Å². The summed E-state index contributed by atoms with van der Waals surface area (Å²) in [6.07, 6.45) is -0.620. The summed E-state index contributed by atoms with van der Waals surface area (Å²) in [7, 11) is 0. The van der Waals surface area contributed by atoms with Crippen LogP contribution in [0.1, 0.15) is 28.8 Å². The highest BCUT2D eigenvalue weighted by Crippen LogP contribution is 2.27. The van der Waals surface area contributed by atoms with Crippen molar-refractivity contribution in [1.82, 2.24) is 0 Å². The van der Waals surface area contributed by atoms with Crippen molar-refractivity contribution in [3.05, 3.63) is 57.5 Å². The zero-order chi connectivity index (χ0) is 11.7. The second kappa shape index (κ2) is 4.44. The SMILES string of the molecule is Cc1cc(C(O)c2ccc(Br)cc2)c(C)o1. The van der Waals surface area contributed by atoms with Crippen LogP contribution in [0.2, 0.25) is 0 Å². The quantitative estimate of drug-likeness (QED) is 0.909. The third kappa shape index (κ3) is 2.20. The van der Waals surface area contributed by atoms with Crippen LogP contribution >= 0.6 is 15.9 Å². The van der Waals surface area contributed by atoms with Crippen molar-refractivity contribution in [3.8, 4) is 0 Å². The van der Waals surface area contributed by atoms with Gasteiger partial charge < -0.3 is 9.52 Å². The van der Waals surface area contributed by atoms with E-state index in [1.165, 1.54) is 0 Å². The molecule has 2 nitrogen and oxygen atoms in total. The van der Waals surface area contributed by atoms with Gasteiger partial charge in [0.2, 0.25) is 0 Å². The highest BCUT2D eigenvalue weighted by atomic mass is 79.9. The number of aliphatic hydroxyl groups excluding tert-OH is 1. The van der Waals surface area contributed by atoms with Crippen LogP contribution in [-0.4, -0.2) is 5.11 Å². The summed E-state index contributed by atoms with van der Waals surface area (Å²) in [4.78, 5) is 0. The molecule has 1 heterocycles. The van der Waals surface area contributed by atoms with Crippen LogP contribution in [0.5, 0.6) is 0 Å². The molecule has 0 bridgehead atoms. The number of furan rings is 1. The third-order valence-corrected chi connectivity index (χ3v) is 3.09. The summed E-state index contributed by atoms with van der Waals surface area (Å²) >= 11 is 3.37. The summed E-state index contributed by atoms with van der Waals surface area (Å²) in [6, 6.07) is 9.51. The van der Waals surface area contributed by atoms with Gasteiger partial charge in [0.15, 0.2) is 0 Å². The van der Waals surface area contributed by atoms with Crippen LogP contribution in [0.15, 0.2) is 39.2 Å². The van der Waals surface area contributed by atoms with Crippen molar-refractivity contribution in [2.45, 2.75) is 20.0 Å².